The molecule has 0 aliphatic rings. The third-order valence-electron chi connectivity index (χ3n) is 3.45. The predicted molar refractivity (Wildman–Crippen MR) is 67.6 cm³/mol. The van der Waals surface area contributed by atoms with Crippen LogP contribution in [0.5, 0.6) is 0 Å². The Hall–Kier alpha value is -0.650. The molecule has 0 aliphatic heterocycles. The lowest BCUT2D eigenvalue weighted by molar-refractivity contribution is -0.132. The van der Waals surface area contributed by atoms with Crippen LogP contribution in [0.1, 0.15) is 33.1 Å². The van der Waals surface area contributed by atoms with Crippen molar-refractivity contribution in [1.29, 1.82) is 0 Å². The molecule has 0 aromatic heterocycles. The monoisotopic (exact) mass is 246 g/mol. The molecular formula is C12H26N2O3. The number of amides is 1. The quantitative estimate of drug-likeness (QED) is 0.545. The third kappa shape index (κ3) is 4.61. The summed E-state index contributed by atoms with van der Waals surface area (Å²) in [6, 6.07) is -0.258. The Bertz CT molecular complexity index is 210. The number of rotatable bonds is 9. The number of aliphatic hydroxyl groups is 1. The number of hydrogen-bond acceptors (Lipinski definition) is 4. The summed E-state index contributed by atoms with van der Waals surface area (Å²) >= 11 is 0. The summed E-state index contributed by atoms with van der Waals surface area (Å²) in [5.74, 6) is -0.0693. The standard InChI is InChI=1S/C12H26N2O3/c1-4-12(5-2,9-13)11(16)14-10(8-15)6-7-17-3/h10,15H,4-9,13H2,1-3H3,(H,14,16). The van der Waals surface area contributed by atoms with E-state index in [4.69, 9.17) is 10.5 Å². The molecule has 0 saturated carbocycles. The average Bonchev–Trinajstić information content (AvgIpc) is 2.37. The van der Waals surface area contributed by atoms with E-state index in [2.05, 4.69) is 5.32 Å². The molecule has 0 saturated heterocycles. The smallest absolute Gasteiger partial charge is 0.227 e. The highest BCUT2D eigenvalue weighted by atomic mass is 16.5. The Morgan fingerprint density at radius 1 is 1.47 bits per heavy atom. The van der Waals surface area contributed by atoms with Crippen LogP contribution in [0, 0.1) is 5.41 Å². The molecular weight excluding hydrogens is 220 g/mol. The number of methoxy groups -OCH3 is 1. The summed E-state index contributed by atoms with van der Waals surface area (Å²) in [6.45, 7) is 4.68. The molecule has 1 atom stereocenters. The van der Waals surface area contributed by atoms with Crippen LogP contribution in [0.4, 0.5) is 0 Å². The van der Waals surface area contributed by atoms with E-state index in [0.717, 1.165) is 0 Å². The largest absolute Gasteiger partial charge is 0.394 e. The molecule has 0 fully saturated rings. The van der Waals surface area contributed by atoms with Gasteiger partial charge in [0.15, 0.2) is 0 Å². The van der Waals surface area contributed by atoms with Gasteiger partial charge in [0.1, 0.15) is 0 Å². The highest BCUT2D eigenvalue weighted by Crippen LogP contribution is 2.25. The van der Waals surface area contributed by atoms with Crippen molar-refractivity contribution in [3.05, 3.63) is 0 Å². The number of nitrogens with two attached hydrogens (primary N) is 1. The summed E-state index contributed by atoms with van der Waals surface area (Å²) in [5.41, 5.74) is 5.19. The Kier molecular flexibility index (Phi) is 8.12. The van der Waals surface area contributed by atoms with Gasteiger partial charge in [-0.05, 0) is 19.3 Å². The fourth-order valence-electron chi connectivity index (χ4n) is 1.76. The van der Waals surface area contributed by atoms with Crippen LogP contribution in [0.3, 0.4) is 0 Å². The minimum atomic E-state index is -0.513. The molecule has 0 bridgehead atoms. The molecule has 4 N–H and O–H groups in total. The van der Waals surface area contributed by atoms with E-state index in [0.29, 0.717) is 32.4 Å². The average molecular weight is 246 g/mol. The number of hydrogen-bond donors (Lipinski definition) is 3. The molecule has 102 valence electrons. The summed E-state index contributed by atoms with van der Waals surface area (Å²) in [7, 11) is 1.60. The Labute approximate surface area is 104 Å². The van der Waals surface area contributed by atoms with Crippen LogP contribution in [-0.4, -0.2) is 43.9 Å². The molecule has 0 aromatic rings. The number of nitrogens with one attached hydrogen (secondary N) is 1. The second-order valence-electron chi connectivity index (χ2n) is 4.33. The van der Waals surface area contributed by atoms with Crippen molar-refractivity contribution in [3.8, 4) is 0 Å². The van der Waals surface area contributed by atoms with Gasteiger partial charge >= 0.3 is 0 Å². The van der Waals surface area contributed by atoms with E-state index in [1.807, 2.05) is 13.8 Å². The van der Waals surface area contributed by atoms with Crippen molar-refractivity contribution in [2.24, 2.45) is 11.1 Å². The molecule has 0 radical (unpaired) electrons. The van der Waals surface area contributed by atoms with Gasteiger partial charge < -0.3 is 20.9 Å². The van der Waals surface area contributed by atoms with Gasteiger partial charge in [0.05, 0.1) is 18.1 Å². The maximum atomic E-state index is 12.1. The van der Waals surface area contributed by atoms with Crippen LogP contribution in [0.2, 0.25) is 0 Å². The minimum absolute atomic E-state index is 0.0693. The molecule has 0 heterocycles. The van der Waals surface area contributed by atoms with Crippen LogP contribution in [-0.2, 0) is 9.53 Å². The van der Waals surface area contributed by atoms with Crippen LogP contribution in [0.25, 0.3) is 0 Å². The Morgan fingerprint density at radius 2 is 2.06 bits per heavy atom. The first kappa shape index (κ1) is 16.4. The minimum Gasteiger partial charge on any atom is -0.394 e. The first-order chi connectivity index (χ1) is 8.10. The topological polar surface area (TPSA) is 84.6 Å². The Morgan fingerprint density at radius 3 is 2.41 bits per heavy atom. The first-order valence-corrected chi connectivity index (χ1v) is 6.21. The summed E-state index contributed by atoms with van der Waals surface area (Å²) in [4.78, 5) is 12.1. The van der Waals surface area contributed by atoms with Crippen molar-refractivity contribution in [1.82, 2.24) is 5.32 Å². The third-order valence-corrected chi connectivity index (χ3v) is 3.45. The van der Waals surface area contributed by atoms with Crippen LogP contribution < -0.4 is 11.1 Å². The summed E-state index contributed by atoms with van der Waals surface area (Å²) < 4.78 is 4.93. The zero-order chi connectivity index (χ0) is 13.3. The number of aliphatic hydroxyl groups excluding tert-OH is 1. The molecule has 1 unspecified atom stereocenters. The van der Waals surface area contributed by atoms with Gasteiger partial charge in [0, 0.05) is 20.3 Å². The Balaban J connectivity index is 4.46. The van der Waals surface area contributed by atoms with Gasteiger partial charge in [-0.3, -0.25) is 4.79 Å². The number of carbonyl (C=O) groups excluding carboxylic acids is 1. The molecule has 0 spiro atoms. The summed E-state index contributed by atoms with van der Waals surface area (Å²) in [6.07, 6.45) is 2.01. The van der Waals surface area contributed by atoms with Gasteiger partial charge in [-0.1, -0.05) is 13.8 Å². The lowest BCUT2D eigenvalue weighted by Gasteiger charge is -2.30. The predicted octanol–water partition coefficient (Wildman–Crippen LogP) is 0.265. The van der Waals surface area contributed by atoms with Gasteiger partial charge in [0.25, 0.3) is 0 Å². The molecule has 0 aliphatic carbocycles. The number of ether oxygens (including phenoxy) is 1. The second-order valence-corrected chi connectivity index (χ2v) is 4.33. The first-order valence-electron chi connectivity index (χ1n) is 6.21. The molecule has 17 heavy (non-hydrogen) atoms. The van der Waals surface area contributed by atoms with Crippen LogP contribution in [0.15, 0.2) is 0 Å². The fraction of sp³-hybridized carbons (Fsp3) is 0.917. The molecule has 5 heteroatoms. The van der Waals surface area contributed by atoms with Crippen molar-refractivity contribution >= 4 is 5.91 Å². The zero-order valence-corrected chi connectivity index (χ0v) is 11.2. The molecule has 0 rings (SSSR count). The highest BCUT2D eigenvalue weighted by molar-refractivity contribution is 5.83. The molecule has 5 nitrogen and oxygen atoms in total. The summed E-state index contributed by atoms with van der Waals surface area (Å²) in [5, 5.41) is 12.0. The maximum Gasteiger partial charge on any atom is 0.227 e. The van der Waals surface area contributed by atoms with E-state index in [1.165, 1.54) is 0 Å². The van der Waals surface area contributed by atoms with Gasteiger partial charge in [-0.25, -0.2) is 0 Å². The second kappa shape index (κ2) is 8.44. The van der Waals surface area contributed by atoms with Crippen molar-refractivity contribution in [3.63, 3.8) is 0 Å². The fourth-order valence-corrected chi connectivity index (χ4v) is 1.76. The van der Waals surface area contributed by atoms with Gasteiger partial charge in [-0.15, -0.1) is 0 Å². The lowest BCUT2D eigenvalue weighted by atomic mass is 9.81. The number of carbonyl (C=O) groups is 1. The maximum absolute atomic E-state index is 12.1. The zero-order valence-electron chi connectivity index (χ0n) is 11.2. The molecule has 1 amide bonds. The van der Waals surface area contributed by atoms with Gasteiger partial charge in [-0.2, -0.15) is 0 Å². The van der Waals surface area contributed by atoms with E-state index < -0.39 is 5.41 Å². The van der Waals surface area contributed by atoms with E-state index >= 15 is 0 Å². The normalized spacial score (nSPS) is 13.5. The van der Waals surface area contributed by atoms with E-state index in [-0.39, 0.29) is 18.6 Å². The van der Waals surface area contributed by atoms with Crippen LogP contribution >= 0.6 is 0 Å². The lowest BCUT2D eigenvalue weighted by Crippen LogP contribution is -2.50. The van der Waals surface area contributed by atoms with E-state index in [1.54, 1.807) is 7.11 Å². The molecule has 0 aromatic carbocycles. The van der Waals surface area contributed by atoms with E-state index in [9.17, 15) is 9.90 Å². The van der Waals surface area contributed by atoms with Crippen molar-refractivity contribution in [2.75, 3.05) is 26.9 Å². The van der Waals surface area contributed by atoms with Crippen molar-refractivity contribution < 1.29 is 14.6 Å². The highest BCUT2D eigenvalue weighted by Gasteiger charge is 2.34. The van der Waals surface area contributed by atoms with Crippen molar-refractivity contribution in [2.45, 2.75) is 39.2 Å². The van der Waals surface area contributed by atoms with Gasteiger partial charge in [0.2, 0.25) is 5.91 Å². The SMILES string of the molecule is CCC(CC)(CN)C(=O)NC(CO)CCOC.